The van der Waals surface area contributed by atoms with E-state index in [4.69, 9.17) is 28.6 Å². The Morgan fingerprint density at radius 2 is 1.58 bits per heavy atom. The number of ether oxygens (including phenoxy) is 1. The number of hydrogen-bond acceptors (Lipinski definition) is 3. The van der Waals surface area contributed by atoms with Crippen molar-refractivity contribution in [1.82, 2.24) is 0 Å². The van der Waals surface area contributed by atoms with Crippen LogP contribution in [0, 0.1) is 6.92 Å². The maximum atomic E-state index is 11.0. The van der Waals surface area contributed by atoms with Crippen molar-refractivity contribution >= 4 is 51.9 Å². The molecule has 0 aliphatic heterocycles. The lowest BCUT2D eigenvalue weighted by Crippen LogP contribution is -2.19. The highest BCUT2D eigenvalue weighted by molar-refractivity contribution is 7.80. The Morgan fingerprint density at radius 3 is 2.08 bits per heavy atom. The fraction of sp³-hybridized carbons (Fsp3) is 0.176. The SMILES string of the molecule is COc1c(C)cc(NC(=S)Nc2ccc(NC(C)=O)cc2)cc1Cl. The second-order valence-electron chi connectivity index (χ2n) is 5.15. The van der Waals surface area contributed by atoms with E-state index in [2.05, 4.69) is 16.0 Å². The first kappa shape index (κ1) is 18.0. The van der Waals surface area contributed by atoms with Crippen molar-refractivity contribution in [3.8, 4) is 5.75 Å². The Kier molecular flexibility index (Phi) is 6.00. The van der Waals surface area contributed by atoms with Gasteiger partial charge in [0.1, 0.15) is 5.75 Å². The van der Waals surface area contributed by atoms with E-state index in [9.17, 15) is 4.79 Å². The molecule has 1 amide bonds. The average molecular weight is 364 g/mol. The van der Waals surface area contributed by atoms with Crippen molar-refractivity contribution in [3.05, 3.63) is 47.0 Å². The van der Waals surface area contributed by atoms with Crippen LogP contribution in [0.2, 0.25) is 5.02 Å². The molecule has 0 radical (unpaired) electrons. The van der Waals surface area contributed by atoms with Gasteiger partial charge in [0.05, 0.1) is 12.1 Å². The van der Waals surface area contributed by atoms with Crippen LogP contribution in [0.25, 0.3) is 0 Å². The summed E-state index contributed by atoms with van der Waals surface area (Å²) in [6, 6.07) is 10.9. The zero-order valence-electron chi connectivity index (χ0n) is 13.6. The standard InChI is InChI=1S/C17H18ClN3O2S/c1-10-8-14(9-15(18)16(10)23-3)21-17(24)20-13-6-4-12(5-7-13)19-11(2)22/h4-9H,1-3H3,(H,19,22)(H2,20,21,24). The minimum Gasteiger partial charge on any atom is -0.495 e. The summed E-state index contributed by atoms with van der Waals surface area (Å²) >= 11 is 11.5. The number of aryl methyl sites for hydroxylation is 1. The van der Waals surface area contributed by atoms with Crippen LogP contribution in [-0.2, 0) is 4.79 Å². The van der Waals surface area contributed by atoms with Crippen LogP contribution in [0.3, 0.4) is 0 Å². The van der Waals surface area contributed by atoms with E-state index in [1.807, 2.05) is 25.1 Å². The van der Waals surface area contributed by atoms with Gasteiger partial charge in [-0.3, -0.25) is 4.79 Å². The van der Waals surface area contributed by atoms with Gasteiger partial charge in [-0.25, -0.2) is 0 Å². The van der Waals surface area contributed by atoms with E-state index < -0.39 is 0 Å². The number of carbonyl (C=O) groups is 1. The van der Waals surface area contributed by atoms with E-state index in [1.54, 1.807) is 25.3 Å². The smallest absolute Gasteiger partial charge is 0.221 e. The summed E-state index contributed by atoms with van der Waals surface area (Å²) in [5.74, 6) is 0.536. The molecule has 0 spiro atoms. The summed E-state index contributed by atoms with van der Waals surface area (Å²) < 4.78 is 5.23. The third-order valence-electron chi connectivity index (χ3n) is 3.15. The number of rotatable bonds is 4. The maximum absolute atomic E-state index is 11.0. The molecule has 0 aliphatic rings. The molecule has 0 saturated heterocycles. The van der Waals surface area contributed by atoms with Crippen molar-refractivity contribution < 1.29 is 9.53 Å². The van der Waals surface area contributed by atoms with E-state index in [0.717, 1.165) is 22.6 Å². The van der Waals surface area contributed by atoms with Gasteiger partial charge in [-0.05, 0) is 61.1 Å². The topological polar surface area (TPSA) is 62.4 Å². The van der Waals surface area contributed by atoms with Gasteiger partial charge in [-0.2, -0.15) is 0 Å². The molecule has 24 heavy (non-hydrogen) atoms. The number of nitrogens with one attached hydrogen (secondary N) is 3. The highest BCUT2D eigenvalue weighted by atomic mass is 35.5. The molecular formula is C17H18ClN3O2S. The number of amides is 1. The Labute approximate surface area is 151 Å². The number of halogens is 1. The van der Waals surface area contributed by atoms with Gasteiger partial charge in [-0.15, -0.1) is 0 Å². The van der Waals surface area contributed by atoms with E-state index >= 15 is 0 Å². The van der Waals surface area contributed by atoms with Crippen molar-refractivity contribution in [2.24, 2.45) is 0 Å². The molecule has 7 heteroatoms. The number of anilines is 3. The zero-order chi connectivity index (χ0) is 17.7. The summed E-state index contributed by atoms with van der Waals surface area (Å²) in [7, 11) is 1.58. The van der Waals surface area contributed by atoms with Gasteiger partial charge in [0.2, 0.25) is 5.91 Å². The first-order chi connectivity index (χ1) is 11.4. The first-order valence-corrected chi connectivity index (χ1v) is 7.97. The minimum atomic E-state index is -0.111. The van der Waals surface area contributed by atoms with Gasteiger partial charge in [0, 0.05) is 24.0 Å². The molecule has 2 rings (SSSR count). The predicted octanol–water partition coefficient (Wildman–Crippen LogP) is 4.42. The second-order valence-corrected chi connectivity index (χ2v) is 5.96. The summed E-state index contributed by atoms with van der Waals surface area (Å²) in [5, 5.41) is 9.81. The van der Waals surface area contributed by atoms with Crippen LogP contribution in [-0.4, -0.2) is 18.1 Å². The van der Waals surface area contributed by atoms with Gasteiger partial charge >= 0.3 is 0 Å². The van der Waals surface area contributed by atoms with Crippen molar-refractivity contribution in [1.29, 1.82) is 0 Å². The third-order valence-corrected chi connectivity index (χ3v) is 3.64. The lowest BCUT2D eigenvalue weighted by atomic mass is 10.2. The van der Waals surface area contributed by atoms with Crippen LogP contribution in [0.15, 0.2) is 36.4 Å². The molecule has 5 nitrogen and oxygen atoms in total. The summed E-state index contributed by atoms with van der Waals surface area (Å²) in [6.07, 6.45) is 0. The second kappa shape index (κ2) is 7.99. The zero-order valence-corrected chi connectivity index (χ0v) is 15.1. The molecule has 126 valence electrons. The van der Waals surface area contributed by atoms with E-state index in [-0.39, 0.29) is 5.91 Å². The molecule has 0 heterocycles. The largest absolute Gasteiger partial charge is 0.495 e. The van der Waals surface area contributed by atoms with Gasteiger partial charge in [-0.1, -0.05) is 11.6 Å². The molecule has 0 fully saturated rings. The highest BCUT2D eigenvalue weighted by Gasteiger charge is 2.08. The van der Waals surface area contributed by atoms with Crippen molar-refractivity contribution in [3.63, 3.8) is 0 Å². The Hall–Kier alpha value is -2.31. The molecule has 0 bridgehead atoms. The fourth-order valence-electron chi connectivity index (χ4n) is 2.20. The number of thiocarbonyl (C=S) groups is 1. The van der Waals surface area contributed by atoms with Gasteiger partial charge < -0.3 is 20.7 Å². The normalized spacial score (nSPS) is 10.0. The molecule has 0 saturated carbocycles. The fourth-order valence-corrected chi connectivity index (χ4v) is 2.77. The summed E-state index contributed by atoms with van der Waals surface area (Å²) in [4.78, 5) is 11.0. The molecule has 0 unspecified atom stereocenters. The van der Waals surface area contributed by atoms with Crippen LogP contribution < -0.4 is 20.7 Å². The predicted molar refractivity (Wildman–Crippen MR) is 103 cm³/mol. The monoisotopic (exact) mass is 363 g/mol. The Morgan fingerprint density at radius 1 is 1.04 bits per heavy atom. The Bertz CT molecular complexity index is 740. The van der Waals surface area contributed by atoms with Crippen molar-refractivity contribution in [2.45, 2.75) is 13.8 Å². The molecule has 2 aromatic rings. The molecular weight excluding hydrogens is 346 g/mol. The molecule has 0 atom stereocenters. The lowest BCUT2D eigenvalue weighted by molar-refractivity contribution is -0.114. The quantitative estimate of drug-likeness (QED) is 0.702. The van der Waals surface area contributed by atoms with Gasteiger partial charge in [0.25, 0.3) is 0 Å². The molecule has 0 aromatic heterocycles. The van der Waals surface area contributed by atoms with E-state index in [0.29, 0.717) is 15.9 Å². The van der Waals surface area contributed by atoms with Crippen LogP contribution >= 0.6 is 23.8 Å². The van der Waals surface area contributed by atoms with Crippen molar-refractivity contribution in [2.75, 3.05) is 23.1 Å². The third kappa shape index (κ3) is 4.84. The number of carbonyl (C=O) groups excluding carboxylic acids is 1. The van der Waals surface area contributed by atoms with Crippen LogP contribution in [0.4, 0.5) is 17.1 Å². The maximum Gasteiger partial charge on any atom is 0.221 e. The van der Waals surface area contributed by atoms with Gasteiger partial charge in [0.15, 0.2) is 5.11 Å². The lowest BCUT2D eigenvalue weighted by Gasteiger charge is -2.14. The molecule has 2 aromatic carbocycles. The minimum absolute atomic E-state index is 0.111. The molecule has 0 aliphatic carbocycles. The number of methoxy groups -OCH3 is 1. The average Bonchev–Trinajstić information content (AvgIpc) is 2.48. The van der Waals surface area contributed by atoms with E-state index in [1.165, 1.54) is 6.92 Å². The highest BCUT2D eigenvalue weighted by Crippen LogP contribution is 2.31. The summed E-state index contributed by atoms with van der Waals surface area (Å²) in [5.41, 5.74) is 3.21. The first-order valence-electron chi connectivity index (χ1n) is 7.19. The Balaban J connectivity index is 2.02. The van der Waals surface area contributed by atoms with Crippen LogP contribution in [0.1, 0.15) is 12.5 Å². The number of hydrogen-bond donors (Lipinski definition) is 3. The number of benzene rings is 2. The molecule has 3 N–H and O–H groups in total. The summed E-state index contributed by atoms with van der Waals surface area (Å²) in [6.45, 7) is 3.38. The van der Waals surface area contributed by atoms with Crippen LogP contribution in [0.5, 0.6) is 5.75 Å².